The van der Waals surface area contributed by atoms with Gasteiger partial charge >= 0.3 is 0 Å². The quantitative estimate of drug-likeness (QED) is 0.373. The molecule has 1 aliphatic rings. The molecule has 0 bridgehead atoms. The van der Waals surface area contributed by atoms with Crippen LogP contribution in [0.5, 0.6) is 5.75 Å². The summed E-state index contributed by atoms with van der Waals surface area (Å²) in [6.45, 7) is 1.00. The summed E-state index contributed by atoms with van der Waals surface area (Å²) in [5, 5.41) is 0. The van der Waals surface area contributed by atoms with E-state index in [1.54, 1.807) is 19.2 Å². The average Bonchev–Trinajstić information content (AvgIpc) is 3.04. The van der Waals surface area contributed by atoms with Gasteiger partial charge in [-0.15, -0.1) is 0 Å². The average molecular weight is 474 g/mol. The minimum atomic E-state index is -3.20. The van der Waals surface area contributed by atoms with E-state index in [-0.39, 0.29) is 0 Å². The molecule has 0 atom stereocenters. The van der Waals surface area contributed by atoms with Gasteiger partial charge in [0.2, 0.25) is 0 Å². The third-order valence-electron chi connectivity index (χ3n) is 6.56. The summed E-state index contributed by atoms with van der Waals surface area (Å²) in [7, 11) is -1.48. The summed E-state index contributed by atoms with van der Waals surface area (Å²) in [6.07, 6.45) is 8.08. The van der Waals surface area contributed by atoms with Gasteiger partial charge < -0.3 is 4.74 Å². The van der Waals surface area contributed by atoms with Gasteiger partial charge in [0.1, 0.15) is 6.20 Å². The molecule has 0 fully saturated rings. The Hall–Kier alpha value is -3.38. The molecule has 0 spiro atoms. The van der Waals surface area contributed by atoms with Gasteiger partial charge in [0.25, 0.3) is 5.82 Å². The SMILES string of the molecule is COc1ccccc1-[n+]1cc(-c2ccc(-c3ccc(S(C)(=O)=O)cc3)cc2)n2c1CCCCC2. The zero-order chi connectivity index (χ0) is 23.7. The third-order valence-corrected chi connectivity index (χ3v) is 7.68. The number of methoxy groups -OCH3 is 1. The van der Waals surface area contributed by atoms with Crippen LogP contribution in [0.4, 0.5) is 0 Å². The topological polar surface area (TPSA) is 52.2 Å². The lowest BCUT2D eigenvalue weighted by atomic mass is 10.0. The Morgan fingerprint density at radius 3 is 2.15 bits per heavy atom. The zero-order valence-corrected chi connectivity index (χ0v) is 20.4. The number of hydrogen-bond donors (Lipinski definition) is 0. The van der Waals surface area contributed by atoms with Crippen LogP contribution in [-0.2, 0) is 22.8 Å². The summed E-state index contributed by atoms with van der Waals surface area (Å²) >= 11 is 0. The van der Waals surface area contributed by atoms with Crippen molar-refractivity contribution < 1.29 is 17.7 Å². The molecule has 0 saturated carbocycles. The number of aromatic nitrogens is 2. The molecule has 0 unspecified atom stereocenters. The predicted octanol–water partition coefficient (Wildman–Crippen LogP) is 5.24. The molecule has 0 radical (unpaired) electrons. The van der Waals surface area contributed by atoms with Crippen molar-refractivity contribution in [2.45, 2.75) is 37.1 Å². The number of nitrogens with zero attached hydrogens (tertiary/aromatic N) is 2. The van der Waals surface area contributed by atoms with Gasteiger partial charge in [-0.25, -0.2) is 13.0 Å². The Kier molecular flexibility index (Phi) is 6.00. The van der Waals surface area contributed by atoms with Crippen molar-refractivity contribution in [3.63, 3.8) is 0 Å². The lowest BCUT2D eigenvalue weighted by Gasteiger charge is -2.07. The van der Waals surface area contributed by atoms with Gasteiger partial charge in [-0.2, -0.15) is 4.57 Å². The van der Waals surface area contributed by atoms with E-state index in [1.807, 2.05) is 24.3 Å². The van der Waals surface area contributed by atoms with Gasteiger partial charge in [0.15, 0.2) is 27.0 Å². The van der Waals surface area contributed by atoms with Gasteiger partial charge in [-0.05, 0) is 66.8 Å². The molecule has 174 valence electrons. The maximum atomic E-state index is 11.8. The van der Waals surface area contributed by atoms with Crippen LogP contribution in [0, 0.1) is 0 Å². The molecule has 5 rings (SSSR count). The Morgan fingerprint density at radius 1 is 0.824 bits per heavy atom. The molecule has 6 heteroatoms. The summed E-state index contributed by atoms with van der Waals surface area (Å²) in [6, 6.07) is 23.8. The first-order valence-corrected chi connectivity index (χ1v) is 13.5. The molecule has 0 saturated heterocycles. The Labute approximate surface area is 201 Å². The van der Waals surface area contributed by atoms with E-state index >= 15 is 0 Å². The predicted molar refractivity (Wildman–Crippen MR) is 134 cm³/mol. The largest absolute Gasteiger partial charge is 0.492 e. The molecule has 3 aromatic carbocycles. The molecule has 5 nitrogen and oxygen atoms in total. The van der Waals surface area contributed by atoms with E-state index in [0.29, 0.717) is 4.90 Å². The molecule has 34 heavy (non-hydrogen) atoms. The van der Waals surface area contributed by atoms with E-state index in [4.69, 9.17) is 4.74 Å². The van der Waals surface area contributed by atoms with Gasteiger partial charge in [-0.1, -0.05) is 36.4 Å². The van der Waals surface area contributed by atoms with Crippen molar-refractivity contribution in [3.05, 3.63) is 84.8 Å². The highest BCUT2D eigenvalue weighted by Crippen LogP contribution is 2.29. The first-order valence-electron chi connectivity index (χ1n) is 11.6. The maximum Gasteiger partial charge on any atom is 0.262 e. The van der Waals surface area contributed by atoms with Crippen molar-refractivity contribution in [2.24, 2.45) is 0 Å². The summed E-state index contributed by atoms with van der Waals surface area (Å²) in [4.78, 5) is 0.338. The number of imidazole rings is 1. The first-order chi connectivity index (χ1) is 16.5. The first kappa shape index (κ1) is 22.4. The second kappa shape index (κ2) is 9.11. The summed E-state index contributed by atoms with van der Waals surface area (Å²) in [5.74, 6) is 2.17. The fraction of sp³-hybridized carbons (Fsp3) is 0.250. The number of para-hydroxylation sites is 2. The summed E-state index contributed by atoms with van der Waals surface area (Å²) in [5.41, 5.74) is 5.47. The van der Waals surface area contributed by atoms with E-state index in [2.05, 4.69) is 51.7 Å². The van der Waals surface area contributed by atoms with Gasteiger partial charge in [-0.3, -0.25) is 0 Å². The number of ether oxygens (including phenoxy) is 1. The highest BCUT2D eigenvalue weighted by Gasteiger charge is 2.28. The molecule has 0 N–H and O–H groups in total. The monoisotopic (exact) mass is 473 g/mol. The third kappa shape index (κ3) is 4.26. The molecule has 0 aliphatic carbocycles. The highest BCUT2D eigenvalue weighted by molar-refractivity contribution is 7.90. The van der Waals surface area contributed by atoms with Crippen LogP contribution in [0.3, 0.4) is 0 Å². The van der Waals surface area contributed by atoms with Crippen LogP contribution >= 0.6 is 0 Å². The van der Waals surface area contributed by atoms with Crippen LogP contribution in [0.1, 0.15) is 25.1 Å². The molecule has 4 aromatic rings. The van der Waals surface area contributed by atoms with Gasteiger partial charge in [0.05, 0.1) is 18.6 Å². The summed E-state index contributed by atoms with van der Waals surface area (Å²) < 4.78 is 33.9. The molecule has 1 aromatic heterocycles. The maximum absolute atomic E-state index is 11.8. The second-order valence-electron chi connectivity index (χ2n) is 8.81. The lowest BCUT2D eigenvalue weighted by Crippen LogP contribution is -2.34. The number of fused-ring (bicyclic) bond motifs is 1. The van der Waals surface area contributed by atoms with Crippen LogP contribution in [0.25, 0.3) is 28.1 Å². The smallest absolute Gasteiger partial charge is 0.262 e. The van der Waals surface area contributed by atoms with Crippen LogP contribution in [0.2, 0.25) is 0 Å². The van der Waals surface area contributed by atoms with Crippen molar-refractivity contribution in [1.82, 2.24) is 4.57 Å². The van der Waals surface area contributed by atoms with E-state index < -0.39 is 9.84 Å². The van der Waals surface area contributed by atoms with Crippen LogP contribution in [0.15, 0.2) is 83.9 Å². The molecular weight excluding hydrogens is 444 g/mol. The Morgan fingerprint density at radius 2 is 1.47 bits per heavy atom. The van der Waals surface area contributed by atoms with Crippen molar-refractivity contribution >= 4 is 9.84 Å². The zero-order valence-electron chi connectivity index (χ0n) is 19.6. The van der Waals surface area contributed by atoms with Crippen molar-refractivity contribution in [1.29, 1.82) is 0 Å². The minimum absolute atomic E-state index is 0.338. The standard InChI is InChI=1S/C28H29N2O3S/c1-33-27-9-6-5-8-25(27)30-20-26(29-19-7-3-4-10-28(29)30)23-13-11-21(12-14-23)22-15-17-24(18-16-22)34(2,31)32/h5-6,8-9,11-18,20H,3-4,7,10,19H2,1-2H3/q+1. The molecule has 0 amide bonds. The minimum Gasteiger partial charge on any atom is -0.492 e. The number of sulfone groups is 1. The fourth-order valence-corrected chi connectivity index (χ4v) is 5.40. The van der Waals surface area contributed by atoms with Crippen LogP contribution in [-0.4, -0.2) is 26.4 Å². The number of benzene rings is 3. The van der Waals surface area contributed by atoms with Crippen molar-refractivity contribution in [2.75, 3.05) is 13.4 Å². The number of hydrogen-bond acceptors (Lipinski definition) is 3. The molecule has 1 aliphatic heterocycles. The van der Waals surface area contributed by atoms with E-state index in [9.17, 15) is 8.42 Å². The molecular formula is C28H29N2O3S+. The van der Waals surface area contributed by atoms with E-state index in [1.165, 1.54) is 37.0 Å². The number of rotatable bonds is 5. The van der Waals surface area contributed by atoms with Crippen molar-refractivity contribution in [3.8, 4) is 33.8 Å². The Balaban J connectivity index is 1.54. The van der Waals surface area contributed by atoms with E-state index in [0.717, 1.165) is 41.1 Å². The normalized spacial score (nSPS) is 13.8. The van der Waals surface area contributed by atoms with Gasteiger partial charge in [0, 0.05) is 18.2 Å². The molecule has 2 heterocycles. The fourth-order valence-electron chi connectivity index (χ4n) is 4.77. The van der Waals surface area contributed by atoms with Crippen LogP contribution < -0.4 is 9.30 Å². The Bertz CT molecular complexity index is 1420. The second-order valence-corrected chi connectivity index (χ2v) is 10.8. The lowest BCUT2D eigenvalue weighted by molar-refractivity contribution is -0.604. The highest BCUT2D eigenvalue weighted by atomic mass is 32.2.